The van der Waals surface area contributed by atoms with E-state index in [0.29, 0.717) is 23.2 Å². The molecule has 0 spiro atoms. The molecule has 1 aromatic heterocycles. The largest absolute Gasteiger partial charge is 0.380 e. The number of rotatable bonds is 5. The van der Waals surface area contributed by atoms with Crippen molar-refractivity contribution in [3.8, 4) is 0 Å². The van der Waals surface area contributed by atoms with Gasteiger partial charge in [0.2, 0.25) is 0 Å². The second-order valence-corrected chi connectivity index (χ2v) is 5.62. The lowest BCUT2D eigenvalue weighted by molar-refractivity contribution is 0.252. The standard InChI is InChI=1S/C16H14F2N2S/c17-16(18)21-15-7-2-1-5-14(15)20-10-11-4-3-6-13-12(11)8-9-19-13/h1-9,16,19-20H,10H2. The third-order valence-electron chi connectivity index (χ3n) is 3.26. The van der Waals surface area contributed by atoms with Crippen LogP contribution in [-0.4, -0.2) is 10.7 Å². The number of H-pyrrole nitrogens is 1. The predicted molar refractivity (Wildman–Crippen MR) is 83.9 cm³/mol. The van der Waals surface area contributed by atoms with Crippen molar-refractivity contribution in [3.05, 3.63) is 60.3 Å². The highest BCUT2D eigenvalue weighted by Gasteiger charge is 2.09. The molecule has 21 heavy (non-hydrogen) atoms. The maximum atomic E-state index is 12.6. The van der Waals surface area contributed by atoms with Gasteiger partial charge >= 0.3 is 0 Å². The van der Waals surface area contributed by atoms with E-state index in [-0.39, 0.29) is 0 Å². The quantitative estimate of drug-likeness (QED) is 0.642. The van der Waals surface area contributed by atoms with Gasteiger partial charge in [0.1, 0.15) is 0 Å². The van der Waals surface area contributed by atoms with Crippen LogP contribution in [0.15, 0.2) is 59.6 Å². The summed E-state index contributed by atoms with van der Waals surface area (Å²) in [5, 5.41) is 4.39. The van der Waals surface area contributed by atoms with Crippen molar-refractivity contribution in [1.29, 1.82) is 0 Å². The number of hydrogen-bond donors (Lipinski definition) is 2. The molecule has 0 aliphatic heterocycles. The first kappa shape index (κ1) is 13.9. The lowest BCUT2D eigenvalue weighted by Gasteiger charge is -2.12. The SMILES string of the molecule is FC(F)Sc1ccccc1NCc1cccc2[nH]ccc12. The molecule has 108 valence electrons. The van der Waals surface area contributed by atoms with E-state index < -0.39 is 5.76 Å². The van der Waals surface area contributed by atoms with Crippen LogP contribution in [0.5, 0.6) is 0 Å². The maximum absolute atomic E-state index is 12.6. The highest BCUT2D eigenvalue weighted by molar-refractivity contribution is 7.99. The number of fused-ring (bicyclic) bond motifs is 1. The number of nitrogens with one attached hydrogen (secondary N) is 2. The Balaban J connectivity index is 1.80. The highest BCUT2D eigenvalue weighted by Crippen LogP contribution is 2.32. The smallest absolute Gasteiger partial charge is 0.288 e. The second kappa shape index (κ2) is 6.18. The van der Waals surface area contributed by atoms with Gasteiger partial charge in [-0.15, -0.1) is 0 Å². The molecule has 0 atom stereocenters. The van der Waals surface area contributed by atoms with E-state index in [4.69, 9.17) is 0 Å². The Morgan fingerprint density at radius 3 is 2.76 bits per heavy atom. The summed E-state index contributed by atoms with van der Waals surface area (Å²) >= 11 is 0.563. The van der Waals surface area contributed by atoms with E-state index in [1.807, 2.05) is 42.6 Å². The predicted octanol–water partition coefficient (Wildman–Crippen LogP) is 5.09. The Morgan fingerprint density at radius 2 is 1.90 bits per heavy atom. The van der Waals surface area contributed by atoms with E-state index >= 15 is 0 Å². The molecule has 2 aromatic carbocycles. The Labute approximate surface area is 125 Å². The molecule has 5 heteroatoms. The third kappa shape index (κ3) is 3.19. The highest BCUT2D eigenvalue weighted by atomic mass is 32.2. The van der Waals surface area contributed by atoms with Crippen LogP contribution >= 0.6 is 11.8 Å². The normalized spacial score (nSPS) is 11.2. The fourth-order valence-electron chi connectivity index (χ4n) is 2.31. The molecule has 0 amide bonds. The van der Waals surface area contributed by atoms with Crippen LogP contribution in [-0.2, 0) is 6.54 Å². The third-order valence-corrected chi connectivity index (χ3v) is 4.05. The van der Waals surface area contributed by atoms with Gasteiger partial charge in [0, 0.05) is 34.2 Å². The zero-order valence-corrected chi connectivity index (χ0v) is 12.0. The van der Waals surface area contributed by atoms with Crippen molar-refractivity contribution >= 4 is 28.4 Å². The van der Waals surface area contributed by atoms with Crippen molar-refractivity contribution < 1.29 is 8.78 Å². The van der Waals surface area contributed by atoms with E-state index in [9.17, 15) is 8.78 Å². The molecule has 0 aliphatic carbocycles. The molecule has 0 saturated carbocycles. The van der Waals surface area contributed by atoms with Crippen LogP contribution in [0.25, 0.3) is 10.9 Å². The Kier molecular flexibility index (Phi) is 4.10. The average Bonchev–Trinajstić information content (AvgIpc) is 2.95. The molecule has 2 N–H and O–H groups in total. The molecule has 0 radical (unpaired) electrons. The molecule has 0 bridgehead atoms. The fraction of sp³-hybridized carbons (Fsp3) is 0.125. The van der Waals surface area contributed by atoms with Gasteiger partial charge in [-0.1, -0.05) is 36.0 Å². The van der Waals surface area contributed by atoms with Crippen molar-refractivity contribution in [1.82, 2.24) is 4.98 Å². The maximum Gasteiger partial charge on any atom is 0.288 e. The molecule has 3 aromatic rings. The minimum absolute atomic E-state index is 0.563. The van der Waals surface area contributed by atoms with E-state index in [1.165, 1.54) is 0 Å². The fourth-order valence-corrected chi connectivity index (χ4v) is 2.92. The summed E-state index contributed by atoms with van der Waals surface area (Å²) in [6.07, 6.45) is 1.90. The van der Waals surface area contributed by atoms with Gasteiger partial charge in [0.05, 0.1) is 0 Å². The summed E-state index contributed by atoms with van der Waals surface area (Å²) < 4.78 is 25.1. The molecule has 0 fully saturated rings. The summed E-state index contributed by atoms with van der Waals surface area (Å²) in [5.74, 6) is -2.42. The van der Waals surface area contributed by atoms with Gasteiger partial charge in [-0.3, -0.25) is 0 Å². The molecular formula is C16H14F2N2S. The molecular weight excluding hydrogens is 290 g/mol. The number of alkyl halides is 2. The first-order valence-electron chi connectivity index (χ1n) is 6.57. The van der Waals surface area contributed by atoms with Crippen LogP contribution in [0, 0.1) is 0 Å². The van der Waals surface area contributed by atoms with Gasteiger partial charge in [-0.05, 0) is 29.8 Å². The van der Waals surface area contributed by atoms with E-state index in [2.05, 4.69) is 10.3 Å². The first-order chi connectivity index (χ1) is 10.2. The van der Waals surface area contributed by atoms with Gasteiger partial charge in [-0.25, -0.2) is 0 Å². The van der Waals surface area contributed by atoms with Crippen molar-refractivity contribution in [2.45, 2.75) is 17.2 Å². The first-order valence-corrected chi connectivity index (χ1v) is 7.45. The summed E-state index contributed by atoms with van der Waals surface area (Å²) in [6.45, 7) is 0.593. The monoisotopic (exact) mass is 304 g/mol. The van der Waals surface area contributed by atoms with Crippen molar-refractivity contribution in [3.63, 3.8) is 0 Å². The number of aromatic nitrogens is 1. The minimum Gasteiger partial charge on any atom is -0.380 e. The number of para-hydroxylation sites is 1. The van der Waals surface area contributed by atoms with Crippen LogP contribution in [0.4, 0.5) is 14.5 Å². The lowest BCUT2D eigenvalue weighted by atomic mass is 10.1. The topological polar surface area (TPSA) is 27.8 Å². The number of hydrogen-bond acceptors (Lipinski definition) is 2. The average molecular weight is 304 g/mol. The van der Waals surface area contributed by atoms with Gasteiger partial charge in [-0.2, -0.15) is 8.78 Å². The summed E-state index contributed by atoms with van der Waals surface area (Å²) in [6, 6.07) is 15.2. The second-order valence-electron chi connectivity index (χ2n) is 4.58. The Morgan fingerprint density at radius 1 is 1.05 bits per heavy atom. The van der Waals surface area contributed by atoms with Crippen LogP contribution in [0.1, 0.15) is 5.56 Å². The molecule has 3 rings (SSSR count). The number of halogens is 2. The number of thioether (sulfide) groups is 1. The zero-order valence-electron chi connectivity index (χ0n) is 11.1. The zero-order chi connectivity index (χ0) is 14.7. The Bertz CT molecular complexity index is 740. The number of benzene rings is 2. The summed E-state index contributed by atoms with van der Waals surface area (Å²) in [5.41, 5.74) is 2.94. The van der Waals surface area contributed by atoms with E-state index in [1.54, 1.807) is 12.1 Å². The molecule has 0 aliphatic rings. The van der Waals surface area contributed by atoms with Gasteiger partial charge in [0.25, 0.3) is 5.76 Å². The number of aromatic amines is 1. The van der Waals surface area contributed by atoms with Crippen molar-refractivity contribution in [2.75, 3.05) is 5.32 Å². The van der Waals surface area contributed by atoms with Gasteiger partial charge in [0.15, 0.2) is 0 Å². The van der Waals surface area contributed by atoms with Crippen LogP contribution < -0.4 is 5.32 Å². The Hall–Kier alpha value is -2.01. The molecule has 1 heterocycles. The lowest BCUT2D eigenvalue weighted by Crippen LogP contribution is -2.01. The summed E-state index contributed by atoms with van der Waals surface area (Å²) in [4.78, 5) is 3.73. The van der Waals surface area contributed by atoms with Crippen LogP contribution in [0.2, 0.25) is 0 Å². The van der Waals surface area contributed by atoms with Crippen LogP contribution in [0.3, 0.4) is 0 Å². The summed E-state index contributed by atoms with van der Waals surface area (Å²) in [7, 11) is 0. The molecule has 0 unspecified atom stereocenters. The molecule has 0 saturated heterocycles. The number of anilines is 1. The van der Waals surface area contributed by atoms with Gasteiger partial charge < -0.3 is 10.3 Å². The van der Waals surface area contributed by atoms with E-state index in [0.717, 1.165) is 22.2 Å². The van der Waals surface area contributed by atoms with Crippen molar-refractivity contribution in [2.24, 2.45) is 0 Å². The minimum atomic E-state index is -2.42. The molecule has 2 nitrogen and oxygen atoms in total.